The van der Waals surface area contributed by atoms with Crippen LogP contribution in [0.1, 0.15) is 47.4 Å². The van der Waals surface area contributed by atoms with Crippen LogP contribution in [0.5, 0.6) is 0 Å². The Morgan fingerprint density at radius 3 is 2.17 bits per heavy atom. The van der Waals surface area contributed by atoms with E-state index in [2.05, 4.69) is 10.2 Å². The normalized spacial score (nSPS) is 16.9. The predicted octanol–water partition coefficient (Wildman–Crippen LogP) is 5.26. The molecule has 1 N–H and O–H groups in total. The second-order valence-electron chi connectivity index (χ2n) is 9.54. The highest BCUT2D eigenvalue weighted by Crippen LogP contribution is 2.46. The van der Waals surface area contributed by atoms with E-state index in [-0.39, 0.29) is 24.0 Å². The van der Waals surface area contributed by atoms with E-state index in [1.807, 2.05) is 60.7 Å². The quantitative estimate of drug-likeness (QED) is 0.360. The van der Waals surface area contributed by atoms with Crippen LogP contribution < -0.4 is 5.32 Å². The van der Waals surface area contributed by atoms with Crippen molar-refractivity contribution in [3.8, 4) is 0 Å². The molecular weight excluding hydrogens is 465 g/mol. The molecule has 3 aromatic carbocycles. The first-order valence-electron chi connectivity index (χ1n) is 12.4. The molecule has 1 amide bonds. The second-order valence-corrected chi connectivity index (χ2v) is 9.54. The summed E-state index contributed by atoms with van der Waals surface area (Å²) in [4.78, 5) is 15.4. The number of halogens is 3. The first-order chi connectivity index (χ1) is 17.5. The van der Waals surface area contributed by atoms with Crippen LogP contribution in [0.3, 0.4) is 0 Å². The minimum atomic E-state index is -1.43. The Kier molecular flexibility index (Phi) is 7.12. The number of nitrogens with zero attached hydrogens (tertiary/aromatic N) is 1. The number of hydrogen-bond acceptors (Lipinski definition) is 3. The Hall–Kier alpha value is -3.16. The van der Waals surface area contributed by atoms with Gasteiger partial charge in [-0.05, 0) is 48.6 Å². The lowest BCUT2D eigenvalue weighted by Crippen LogP contribution is -2.44. The topological polar surface area (TPSA) is 41.6 Å². The molecule has 0 saturated carbocycles. The smallest absolute Gasteiger partial charge is 0.232 e. The van der Waals surface area contributed by atoms with Crippen LogP contribution in [0.4, 0.5) is 13.2 Å². The monoisotopic (exact) mass is 494 g/mol. The molecule has 36 heavy (non-hydrogen) atoms. The van der Waals surface area contributed by atoms with Crippen LogP contribution in [0.25, 0.3) is 0 Å². The standard InChI is InChI=1S/C29H29F3N2O2/c30-23-18-22-19-36-29(25(22)27(32)26(23)31)12-16-34(17-13-29)15-7-14-33-28(35)24(20-8-3-1-4-9-20)21-10-5-2-6-11-21/h1-6,8-11,18,24H,7,12-17,19H2,(H,33,35). The zero-order valence-electron chi connectivity index (χ0n) is 20.0. The first kappa shape index (κ1) is 24.5. The zero-order chi connectivity index (χ0) is 25.1. The van der Waals surface area contributed by atoms with Crippen LogP contribution in [-0.4, -0.2) is 37.0 Å². The molecule has 1 saturated heterocycles. The molecule has 4 nitrogen and oxygen atoms in total. The molecule has 7 heteroatoms. The summed E-state index contributed by atoms with van der Waals surface area (Å²) in [6, 6.07) is 20.5. The van der Waals surface area contributed by atoms with Crippen molar-refractivity contribution in [3.63, 3.8) is 0 Å². The molecule has 188 valence electrons. The van der Waals surface area contributed by atoms with E-state index in [1.54, 1.807) is 0 Å². The third kappa shape index (κ3) is 4.77. The van der Waals surface area contributed by atoms with Crippen molar-refractivity contribution in [2.75, 3.05) is 26.2 Å². The Morgan fingerprint density at radius 1 is 0.944 bits per heavy atom. The number of likely N-dealkylation sites (tertiary alicyclic amines) is 1. The highest BCUT2D eigenvalue weighted by molar-refractivity contribution is 5.87. The number of amides is 1. The third-order valence-corrected chi connectivity index (χ3v) is 7.35. The molecule has 0 atom stereocenters. The lowest BCUT2D eigenvalue weighted by Gasteiger charge is -2.39. The van der Waals surface area contributed by atoms with Gasteiger partial charge >= 0.3 is 0 Å². The number of carbonyl (C=O) groups excluding carboxylic acids is 1. The van der Waals surface area contributed by atoms with Crippen molar-refractivity contribution < 1.29 is 22.7 Å². The van der Waals surface area contributed by atoms with Crippen LogP contribution in [-0.2, 0) is 21.7 Å². The summed E-state index contributed by atoms with van der Waals surface area (Å²) >= 11 is 0. The number of fused-ring (bicyclic) bond motifs is 2. The molecular formula is C29H29F3N2O2. The Balaban J connectivity index is 1.14. The van der Waals surface area contributed by atoms with Gasteiger partial charge in [0.05, 0.1) is 18.1 Å². The number of piperidine rings is 1. The van der Waals surface area contributed by atoms with Gasteiger partial charge in [-0.2, -0.15) is 0 Å². The summed E-state index contributed by atoms with van der Waals surface area (Å²) in [6.45, 7) is 2.71. The zero-order valence-corrected chi connectivity index (χ0v) is 20.0. The Labute approximate surface area is 209 Å². The van der Waals surface area contributed by atoms with E-state index in [0.29, 0.717) is 38.0 Å². The lowest BCUT2D eigenvalue weighted by atomic mass is 9.83. The van der Waals surface area contributed by atoms with Crippen molar-refractivity contribution in [3.05, 3.63) is 106 Å². The van der Waals surface area contributed by atoms with Crippen LogP contribution >= 0.6 is 0 Å². The van der Waals surface area contributed by atoms with Gasteiger partial charge in [0.25, 0.3) is 0 Å². The molecule has 2 aliphatic heterocycles. The number of rotatable bonds is 7. The molecule has 2 heterocycles. The predicted molar refractivity (Wildman–Crippen MR) is 131 cm³/mol. The average molecular weight is 495 g/mol. The minimum Gasteiger partial charge on any atom is -0.365 e. The average Bonchev–Trinajstić information content (AvgIpc) is 3.25. The van der Waals surface area contributed by atoms with Gasteiger partial charge in [0, 0.05) is 25.2 Å². The van der Waals surface area contributed by atoms with Gasteiger partial charge in [-0.15, -0.1) is 0 Å². The fraction of sp³-hybridized carbons (Fsp3) is 0.345. The van der Waals surface area contributed by atoms with Crippen molar-refractivity contribution in [2.45, 2.75) is 37.4 Å². The van der Waals surface area contributed by atoms with Gasteiger partial charge in [-0.1, -0.05) is 60.7 Å². The maximum absolute atomic E-state index is 14.6. The maximum atomic E-state index is 14.6. The van der Waals surface area contributed by atoms with E-state index >= 15 is 0 Å². The fourth-order valence-electron chi connectivity index (χ4n) is 5.47. The summed E-state index contributed by atoms with van der Waals surface area (Å²) in [6.07, 6.45) is 1.79. The summed E-state index contributed by atoms with van der Waals surface area (Å²) in [5.41, 5.74) is 1.58. The summed E-state index contributed by atoms with van der Waals surface area (Å²) in [7, 11) is 0. The summed E-state index contributed by atoms with van der Waals surface area (Å²) in [5.74, 6) is -4.13. The molecule has 0 aliphatic carbocycles. The molecule has 1 fully saturated rings. The Morgan fingerprint density at radius 2 is 1.56 bits per heavy atom. The van der Waals surface area contributed by atoms with Gasteiger partial charge in [0.15, 0.2) is 17.5 Å². The summed E-state index contributed by atoms with van der Waals surface area (Å²) in [5, 5.41) is 3.08. The third-order valence-electron chi connectivity index (χ3n) is 7.35. The van der Waals surface area contributed by atoms with Crippen LogP contribution in [0, 0.1) is 17.5 Å². The van der Waals surface area contributed by atoms with Gasteiger partial charge in [-0.25, -0.2) is 13.2 Å². The van der Waals surface area contributed by atoms with E-state index in [1.165, 1.54) is 0 Å². The van der Waals surface area contributed by atoms with E-state index in [9.17, 15) is 18.0 Å². The van der Waals surface area contributed by atoms with E-state index in [0.717, 1.165) is 30.2 Å². The molecule has 1 spiro atoms. The lowest BCUT2D eigenvalue weighted by molar-refractivity contribution is -0.121. The van der Waals surface area contributed by atoms with Crippen LogP contribution in [0.2, 0.25) is 0 Å². The highest BCUT2D eigenvalue weighted by atomic mass is 19.2. The molecule has 5 rings (SSSR count). The molecule has 3 aromatic rings. The first-order valence-corrected chi connectivity index (χ1v) is 12.4. The van der Waals surface area contributed by atoms with E-state index < -0.39 is 23.1 Å². The maximum Gasteiger partial charge on any atom is 0.232 e. The van der Waals surface area contributed by atoms with Crippen molar-refractivity contribution >= 4 is 5.91 Å². The molecule has 0 unspecified atom stereocenters. The number of ether oxygens (including phenoxy) is 1. The van der Waals surface area contributed by atoms with Crippen molar-refractivity contribution in [1.29, 1.82) is 0 Å². The Bertz CT molecular complexity index is 1170. The van der Waals surface area contributed by atoms with Gasteiger partial charge < -0.3 is 15.0 Å². The molecule has 0 bridgehead atoms. The van der Waals surface area contributed by atoms with Crippen molar-refractivity contribution in [1.82, 2.24) is 10.2 Å². The van der Waals surface area contributed by atoms with Gasteiger partial charge in [0.2, 0.25) is 5.91 Å². The number of carbonyl (C=O) groups is 1. The second kappa shape index (κ2) is 10.4. The highest BCUT2D eigenvalue weighted by Gasteiger charge is 2.46. The van der Waals surface area contributed by atoms with E-state index in [4.69, 9.17) is 4.74 Å². The van der Waals surface area contributed by atoms with Crippen molar-refractivity contribution in [2.24, 2.45) is 0 Å². The minimum absolute atomic E-state index is 0.0364. The van der Waals surface area contributed by atoms with Gasteiger partial charge in [-0.3, -0.25) is 4.79 Å². The number of hydrogen-bond donors (Lipinski definition) is 1. The SMILES string of the molecule is O=C(NCCCN1CCC2(CC1)OCc1cc(F)c(F)c(F)c12)C(c1ccccc1)c1ccccc1. The molecule has 0 radical (unpaired) electrons. The number of benzene rings is 3. The largest absolute Gasteiger partial charge is 0.365 e. The fourth-order valence-corrected chi connectivity index (χ4v) is 5.47. The number of nitrogens with one attached hydrogen (secondary N) is 1. The van der Waals surface area contributed by atoms with Gasteiger partial charge in [0.1, 0.15) is 0 Å². The summed E-state index contributed by atoms with van der Waals surface area (Å²) < 4.78 is 48.0. The molecule has 0 aromatic heterocycles. The molecule has 2 aliphatic rings. The van der Waals surface area contributed by atoms with Crippen LogP contribution in [0.15, 0.2) is 66.7 Å².